The monoisotopic (exact) mass is 268 g/mol. The van der Waals surface area contributed by atoms with E-state index in [1.165, 1.54) is 0 Å². The van der Waals surface area contributed by atoms with Crippen molar-refractivity contribution in [3.05, 3.63) is 40.4 Å². The van der Waals surface area contributed by atoms with Crippen molar-refractivity contribution in [3.8, 4) is 5.75 Å². The Morgan fingerprint density at radius 1 is 1.53 bits per heavy atom. The van der Waals surface area contributed by atoms with Crippen molar-refractivity contribution in [1.82, 2.24) is 0 Å². The number of ether oxygens (including phenoxy) is 1. The van der Waals surface area contributed by atoms with Crippen LogP contribution in [0.4, 0.5) is 0 Å². The van der Waals surface area contributed by atoms with Crippen LogP contribution in [0.3, 0.4) is 0 Å². The lowest BCUT2D eigenvalue weighted by Gasteiger charge is -2.05. The fraction of sp³-hybridized carbons (Fsp3) is 0.250. The average Bonchev–Trinajstić information content (AvgIpc) is 2.16. The van der Waals surface area contributed by atoms with Gasteiger partial charge < -0.3 is 4.74 Å². The Morgan fingerprint density at radius 3 is 2.67 bits per heavy atom. The maximum absolute atomic E-state index is 11.7. The summed E-state index contributed by atoms with van der Waals surface area (Å²) in [6.07, 6.45) is 0.388. The van der Waals surface area contributed by atoms with Crippen molar-refractivity contribution in [3.63, 3.8) is 0 Å². The lowest BCUT2D eigenvalue weighted by molar-refractivity contribution is 0.0993. The number of carbonyl (C=O) groups is 1. The lowest BCUT2D eigenvalue weighted by Crippen LogP contribution is -1.99. The van der Waals surface area contributed by atoms with Crippen LogP contribution in [-0.4, -0.2) is 12.9 Å². The number of hydrogen-bond acceptors (Lipinski definition) is 2. The van der Waals surface area contributed by atoms with Crippen LogP contribution in [0.5, 0.6) is 5.75 Å². The molecule has 2 nitrogen and oxygen atoms in total. The lowest BCUT2D eigenvalue weighted by atomic mass is 10.1. The molecule has 1 rings (SSSR count). The third kappa shape index (κ3) is 3.20. The summed E-state index contributed by atoms with van der Waals surface area (Å²) < 4.78 is 5.87. The van der Waals surface area contributed by atoms with Crippen LogP contribution in [0.25, 0.3) is 0 Å². The normalized spacial score (nSPS) is 9.80. The standard InChI is InChI=1S/C12H13BrO2/c1-8(2)6-11(14)9-4-5-12(15-3)10(13)7-9/h4-5,7H,1,6H2,2-3H3. The van der Waals surface area contributed by atoms with Gasteiger partial charge in [-0.1, -0.05) is 12.2 Å². The molecular formula is C12H13BrO2. The molecule has 0 amide bonds. The van der Waals surface area contributed by atoms with Gasteiger partial charge in [0.05, 0.1) is 11.6 Å². The van der Waals surface area contributed by atoms with E-state index in [1.807, 2.05) is 6.92 Å². The highest BCUT2D eigenvalue weighted by Crippen LogP contribution is 2.26. The molecular weight excluding hydrogens is 256 g/mol. The summed E-state index contributed by atoms with van der Waals surface area (Å²) >= 11 is 3.34. The number of hydrogen-bond donors (Lipinski definition) is 0. The summed E-state index contributed by atoms with van der Waals surface area (Å²) in [5.74, 6) is 0.799. The molecule has 0 spiro atoms. The first kappa shape index (κ1) is 12.0. The number of carbonyl (C=O) groups excluding carboxylic acids is 1. The minimum absolute atomic E-state index is 0.0749. The maximum Gasteiger partial charge on any atom is 0.166 e. The van der Waals surface area contributed by atoms with Gasteiger partial charge in [0, 0.05) is 12.0 Å². The maximum atomic E-state index is 11.7. The average molecular weight is 269 g/mol. The van der Waals surface area contributed by atoms with Crippen molar-refractivity contribution in [2.75, 3.05) is 7.11 Å². The SMILES string of the molecule is C=C(C)CC(=O)c1ccc(OC)c(Br)c1. The molecule has 0 aromatic heterocycles. The van der Waals surface area contributed by atoms with Crippen LogP contribution < -0.4 is 4.74 Å². The summed E-state index contributed by atoms with van der Waals surface area (Å²) in [5, 5.41) is 0. The van der Waals surface area contributed by atoms with Gasteiger partial charge in [0.2, 0.25) is 0 Å². The van der Waals surface area contributed by atoms with Crippen molar-refractivity contribution < 1.29 is 9.53 Å². The van der Waals surface area contributed by atoms with Gasteiger partial charge in [0.1, 0.15) is 5.75 Å². The van der Waals surface area contributed by atoms with E-state index >= 15 is 0 Å². The fourth-order valence-electron chi connectivity index (χ4n) is 1.22. The highest BCUT2D eigenvalue weighted by atomic mass is 79.9. The van der Waals surface area contributed by atoms with Crippen molar-refractivity contribution in [1.29, 1.82) is 0 Å². The summed E-state index contributed by atoms with van der Waals surface area (Å²) in [6.45, 7) is 5.56. The number of rotatable bonds is 4. The summed E-state index contributed by atoms with van der Waals surface area (Å²) in [6, 6.07) is 5.30. The second-order valence-corrected chi connectivity index (χ2v) is 4.26. The number of Topliss-reactive ketones (excluding diaryl/α,β-unsaturated/α-hetero) is 1. The Balaban J connectivity index is 2.92. The smallest absolute Gasteiger partial charge is 0.166 e. The van der Waals surface area contributed by atoms with Gasteiger partial charge in [-0.3, -0.25) is 4.79 Å². The van der Waals surface area contributed by atoms with Gasteiger partial charge in [-0.15, -0.1) is 0 Å². The van der Waals surface area contributed by atoms with Crippen molar-refractivity contribution in [2.24, 2.45) is 0 Å². The molecule has 1 aromatic carbocycles. The molecule has 0 aliphatic heterocycles. The van der Waals surface area contributed by atoms with E-state index in [-0.39, 0.29) is 5.78 Å². The molecule has 0 aliphatic carbocycles. The number of ketones is 1. The Bertz CT molecular complexity index is 397. The zero-order chi connectivity index (χ0) is 11.4. The largest absolute Gasteiger partial charge is 0.496 e. The van der Waals surface area contributed by atoms with Gasteiger partial charge in [0.25, 0.3) is 0 Å². The topological polar surface area (TPSA) is 26.3 Å². The van der Waals surface area contributed by atoms with E-state index in [0.29, 0.717) is 12.0 Å². The Morgan fingerprint density at radius 2 is 2.20 bits per heavy atom. The Kier molecular flexibility index (Phi) is 4.09. The van der Waals surface area contributed by atoms with E-state index < -0.39 is 0 Å². The number of methoxy groups -OCH3 is 1. The third-order valence-corrected chi connectivity index (χ3v) is 2.56. The minimum Gasteiger partial charge on any atom is -0.496 e. The van der Waals surface area contributed by atoms with Gasteiger partial charge >= 0.3 is 0 Å². The molecule has 0 saturated carbocycles. The molecule has 0 fully saturated rings. The second kappa shape index (κ2) is 5.12. The summed E-state index contributed by atoms with van der Waals surface area (Å²) in [4.78, 5) is 11.7. The molecule has 15 heavy (non-hydrogen) atoms. The predicted octanol–water partition coefficient (Wildman–Crippen LogP) is 3.61. The number of allylic oxidation sites excluding steroid dienone is 1. The fourth-order valence-corrected chi connectivity index (χ4v) is 1.76. The molecule has 0 bridgehead atoms. The van der Waals surface area contributed by atoms with Gasteiger partial charge in [-0.2, -0.15) is 0 Å². The molecule has 0 atom stereocenters. The number of benzene rings is 1. The summed E-state index contributed by atoms with van der Waals surface area (Å²) in [5.41, 5.74) is 1.54. The van der Waals surface area contributed by atoms with Gasteiger partial charge in [0.15, 0.2) is 5.78 Å². The Labute approximate surface area is 98.1 Å². The first-order valence-corrected chi connectivity index (χ1v) is 5.35. The highest BCUT2D eigenvalue weighted by molar-refractivity contribution is 9.10. The molecule has 0 saturated heterocycles. The van der Waals surface area contributed by atoms with Gasteiger partial charge in [-0.05, 0) is 41.1 Å². The Hall–Kier alpha value is -1.09. The van der Waals surface area contributed by atoms with Crippen LogP contribution in [0.1, 0.15) is 23.7 Å². The van der Waals surface area contributed by atoms with E-state index in [1.54, 1.807) is 25.3 Å². The molecule has 0 radical (unpaired) electrons. The van der Waals surface area contributed by atoms with Crippen LogP contribution in [-0.2, 0) is 0 Å². The van der Waals surface area contributed by atoms with Gasteiger partial charge in [-0.25, -0.2) is 0 Å². The second-order valence-electron chi connectivity index (χ2n) is 3.41. The quantitative estimate of drug-likeness (QED) is 0.616. The predicted molar refractivity (Wildman–Crippen MR) is 64.5 cm³/mol. The molecule has 0 heterocycles. The van der Waals surface area contributed by atoms with E-state index in [0.717, 1.165) is 15.8 Å². The molecule has 80 valence electrons. The molecule has 1 aromatic rings. The zero-order valence-electron chi connectivity index (χ0n) is 8.84. The first-order valence-electron chi connectivity index (χ1n) is 4.55. The van der Waals surface area contributed by atoms with Crippen LogP contribution in [0, 0.1) is 0 Å². The molecule has 0 unspecified atom stereocenters. The van der Waals surface area contributed by atoms with Crippen molar-refractivity contribution in [2.45, 2.75) is 13.3 Å². The minimum atomic E-state index is 0.0749. The van der Waals surface area contributed by atoms with Crippen LogP contribution in [0.15, 0.2) is 34.8 Å². The molecule has 0 N–H and O–H groups in total. The highest BCUT2D eigenvalue weighted by Gasteiger charge is 2.08. The van der Waals surface area contributed by atoms with E-state index in [9.17, 15) is 4.79 Å². The first-order chi connectivity index (χ1) is 7.04. The third-order valence-electron chi connectivity index (χ3n) is 1.94. The number of halogens is 1. The van der Waals surface area contributed by atoms with Crippen molar-refractivity contribution >= 4 is 21.7 Å². The molecule has 3 heteroatoms. The van der Waals surface area contributed by atoms with E-state index in [2.05, 4.69) is 22.5 Å². The van der Waals surface area contributed by atoms with Crippen LogP contribution in [0.2, 0.25) is 0 Å². The zero-order valence-corrected chi connectivity index (χ0v) is 10.4. The van der Waals surface area contributed by atoms with E-state index in [4.69, 9.17) is 4.74 Å². The van der Waals surface area contributed by atoms with Crippen LogP contribution >= 0.6 is 15.9 Å². The summed E-state index contributed by atoms with van der Waals surface area (Å²) in [7, 11) is 1.59. The molecule has 0 aliphatic rings.